The van der Waals surface area contributed by atoms with E-state index >= 15 is 0 Å². The van der Waals surface area contributed by atoms with Gasteiger partial charge < -0.3 is 9.84 Å². The lowest BCUT2D eigenvalue weighted by atomic mass is 10.1. The van der Waals surface area contributed by atoms with E-state index in [4.69, 9.17) is 9.84 Å². The average Bonchev–Trinajstić information content (AvgIpc) is 2.78. The van der Waals surface area contributed by atoms with Crippen LogP contribution in [0.3, 0.4) is 0 Å². The molecule has 0 saturated carbocycles. The van der Waals surface area contributed by atoms with Gasteiger partial charge in [0.1, 0.15) is 11.8 Å². The van der Waals surface area contributed by atoms with Crippen LogP contribution >= 0.6 is 0 Å². The first-order chi connectivity index (χ1) is 7.70. The predicted octanol–water partition coefficient (Wildman–Crippen LogP) is 1.57. The Morgan fingerprint density at radius 1 is 1.50 bits per heavy atom. The molecule has 4 nitrogen and oxygen atoms in total. The van der Waals surface area contributed by atoms with Gasteiger partial charge in [0.2, 0.25) is 0 Å². The average molecular weight is 221 g/mol. The van der Waals surface area contributed by atoms with Crippen LogP contribution in [0.4, 0.5) is 0 Å². The highest BCUT2D eigenvalue weighted by atomic mass is 16.5. The Labute approximate surface area is 94.2 Å². The first-order valence-corrected chi connectivity index (χ1v) is 5.33. The van der Waals surface area contributed by atoms with Crippen LogP contribution in [-0.2, 0) is 4.79 Å². The summed E-state index contributed by atoms with van der Waals surface area (Å²) in [5, 5.41) is 12.0. The van der Waals surface area contributed by atoms with Gasteiger partial charge in [0.25, 0.3) is 0 Å². The van der Waals surface area contributed by atoms with E-state index in [1.165, 1.54) is 0 Å². The third-order valence-corrected chi connectivity index (χ3v) is 2.94. The van der Waals surface area contributed by atoms with Crippen molar-refractivity contribution in [1.29, 1.82) is 0 Å². The predicted molar refractivity (Wildman–Crippen MR) is 59.5 cm³/mol. The third-order valence-electron chi connectivity index (χ3n) is 2.94. The molecular weight excluding hydrogens is 206 g/mol. The van der Waals surface area contributed by atoms with Crippen molar-refractivity contribution in [3.05, 3.63) is 29.8 Å². The van der Waals surface area contributed by atoms with Gasteiger partial charge in [0.15, 0.2) is 0 Å². The molecule has 16 heavy (non-hydrogen) atoms. The molecule has 1 heterocycles. The molecule has 2 atom stereocenters. The second-order valence-corrected chi connectivity index (χ2v) is 3.96. The van der Waals surface area contributed by atoms with Crippen LogP contribution in [0.1, 0.15) is 24.4 Å². The maximum absolute atomic E-state index is 10.8. The van der Waals surface area contributed by atoms with Gasteiger partial charge in [-0.1, -0.05) is 12.1 Å². The summed E-state index contributed by atoms with van der Waals surface area (Å²) in [5.74, 6) is 0.0310. The smallest absolute Gasteiger partial charge is 0.320 e. The Hall–Kier alpha value is -1.55. The van der Waals surface area contributed by atoms with E-state index < -0.39 is 12.0 Å². The molecule has 1 fully saturated rings. The van der Waals surface area contributed by atoms with Crippen LogP contribution in [0.5, 0.6) is 5.75 Å². The van der Waals surface area contributed by atoms with Crippen LogP contribution in [-0.4, -0.2) is 24.2 Å². The molecule has 0 amide bonds. The molecule has 1 saturated heterocycles. The first-order valence-electron chi connectivity index (χ1n) is 5.33. The second-order valence-electron chi connectivity index (χ2n) is 3.96. The van der Waals surface area contributed by atoms with Gasteiger partial charge >= 0.3 is 5.97 Å². The molecule has 1 aliphatic heterocycles. The number of methoxy groups -OCH3 is 1. The molecule has 0 unspecified atom stereocenters. The molecule has 2 N–H and O–H groups in total. The molecular formula is C12H15NO3. The van der Waals surface area contributed by atoms with Gasteiger partial charge in [0.05, 0.1) is 7.11 Å². The number of ether oxygens (including phenoxy) is 1. The van der Waals surface area contributed by atoms with Gasteiger partial charge in [-0.25, -0.2) is 0 Å². The quantitative estimate of drug-likeness (QED) is 0.813. The van der Waals surface area contributed by atoms with Crippen molar-refractivity contribution in [1.82, 2.24) is 5.32 Å². The van der Waals surface area contributed by atoms with Gasteiger partial charge in [-0.15, -0.1) is 0 Å². The van der Waals surface area contributed by atoms with E-state index in [2.05, 4.69) is 5.32 Å². The molecule has 2 rings (SSSR count). The Morgan fingerprint density at radius 2 is 2.31 bits per heavy atom. The lowest BCUT2D eigenvalue weighted by Crippen LogP contribution is -2.31. The summed E-state index contributed by atoms with van der Waals surface area (Å²) in [6, 6.07) is 7.44. The normalized spacial score (nSPS) is 24.3. The van der Waals surface area contributed by atoms with Crippen LogP contribution in [0.2, 0.25) is 0 Å². The summed E-state index contributed by atoms with van der Waals surface area (Å²) in [7, 11) is 1.63. The van der Waals surface area contributed by atoms with E-state index in [1.54, 1.807) is 7.11 Å². The standard InChI is InChI=1S/C12H15NO3/c1-16-9-4-2-3-8(7-9)10-5-6-11(13-10)12(14)15/h2-4,7,10-11,13H,5-6H2,1H3,(H,14,15)/t10-,11-/m1/s1. The number of carboxylic acid groups (broad SMARTS) is 1. The summed E-state index contributed by atoms with van der Waals surface area (Å²) >= 11 is 0. The number of hydrogen-bond acceptors (Lipinski definition) is 3. The third kappa shape index (κ3) is 2.17. The van der Waals surface area contributed by atoms with Crippen LogP contribution in [0.15, 0.2) is 24.3 Å². The lowest BCUT2D eigenvalue weighted by Gasteiger charge is -2.13. The van der Waals surface area contributed by atoms with E-state index in [1.807, 2.05) is 24.3 Å². The van der Waals surface area contributed by atoms with E-state index in [-0.39, 0.29) is 6.04 Å². The summed E-state index contributed by atoms with van der Waals surface area (Å²) in [6.07, 6.45) is 1.53. The fourth-order valence-corrected chi connectivity index (χ4v) is 2.06. The maximum Gasteiger partial charge on any atom is 0.320 e. The van der Waals surface area contributed by atoms with Gasteiger partial charge in [-0.2, -0.15) is 0 Å². The topological polar surface area (TPSA) is 58.6 Å². The summed E-state index contributed by atoms with van der Waals surface area (Å²) in [4.78, 5) is 10.8. The van der Waals surface area contributed by atoms with Crippen molar-refractivity contribution < 1.29 is 14.6 Å². The van der Waals surface area contributed by atoms with Crippen LogP contribution < -0.4 is 10.1 Å². The Bertz CT molecular complexity index is 392. The number of aliphatic carboxylic acids is 1. The molecule has 1 aromatic rings. The second kappa shape index (κ2) is 4.53. The van der Waals surface area contributed by atoms with Crippen molar-refractivity contribution in [2.75, 3.05) is 7.11 Å². The number of carbonyl (C=O) groups is 1. The van der Waals surface area contributed by atoms with E-state index in [9.17, 15) is 4.79 Å². The number of hydrogen-bond donors (Lipinski definition) is 2. The minimum absolute atomic E-state index is 0.121. The molecule has 4 heteroatoms. The zero-order chi connectivity index (χ0) is 11.5. The molecule has 0 aliphatic carbocycles. The molecule has 1 aliphatic rings. The minimum Gasteiger partial charge on any atom is -0.497 e. The molecule has 0 bridgehead atoms. The monoisotopic (exact) mass is 221 g/mol. The maximum atomic E-state index is 10.8. The Morgan fingerprint density at radius 3 is 2.94 bits per heavy atom. The zero-order valence-electron chi connectivity index (χ0n) is 9.14. The molecule has 0 aromatic heterocycles. The van der Waals surface area contributed by atoms with Gasteiger partial charge in [0, 0.05) is 6.04 Å². The zero-order valence-corrected chi connectivity index (χ0v) is 9.14. The lowest BCUT2D eigenvalue weighted by molar-refractivity contribution is -0.139. The summed E-state index contributed by atoms with van der Waals surface area (Å²) in [5.41, 5.74) is 1.09. The SMILES string of the molecule is COc1cccc([C@H]2CC[C@H](C(=O)O)N2)c1. The Kier molecular flexibility index (Phi) is 3.10. The fourth-order valence-electron chi connectivity index (χ4n) is 2.06. The molecule has 0 radical (unpaired) electrons. The van der Waals surface area contributed by atoms with Gasteiger partial charge in [-0.05, 0) is 30.5 Å². The molecule has 86 valence electrons. The van der Waals surface area contributed by atoms with E-state index in [0.29, 0.717) is 6.42 Å². The van der Waals surface area contributed by atoms with Crippen molar-refractivity contribution in [2.45, 2.75) is 24.9 Å². The largest absolute Gasteiger partial charge is 0.497 e. The highest BCUT2D eigenvalue weighted by molar-refractivity contribution is 5.73. The minimum atomic E-state index is -0.773. The number of nitrogens with one attached hydrogen (secondary N) is 1. The van der Waals surface area contributed by atoms with E-state index in [0.717, 1.165) is 17.7 Å². The number of carboxylic acids is 1. The Balaban J connectivity index is 2.11. The fraction of sp³-hybridized carbons (Fsp3) is 0.417. The van der Waals surface area contributed by atoms with Crippen molar-refractivity contribution in [3.63, 3.8) is 0 Å². The van der Waals surface area contributed by atoms with Crippen LogP contribution in [0.25, 0.3) is 0 Å². The summed E-state index contributed by atoms with van der Waals surface area (Å²) < 4.78 is 5.14. The van der Waals surface area contributed by atoms with Crippen LogP contribution in [0, 0.1) is 0 Å². The van der Waals surface area contributed by atoms with Crippen molar-refractivity contribution in [2.24, 2.45) is 0 Å². The number of benzene rings is 1. The van der Waals surface area contributed by atoms with Crippen molar-refractivity contribution in [3.8, 4) is 5.75 Å². The highest BCUT2D eigenvalue weighted by Gasteiger charge is 2.29. The molecule has 0 spiro atoms. The molecule has 1 aromatic carbocycles. The first kappa shape index (κ1) is 11.0. The number of rotatable bonds is 3. The highest BCUT2D eigenvalue weighted by Crippen LogP contribution is 2.28. The summed E-state index contributed by atoms with van der Waals surface area (Å²) in [6.45, 7) is 0. The van der Waals surface area contributed by atoms with Crippen molar-refractivity contribution >= 4 is 5.97 Å². The van der Waals surface area contributed by atoms with Gasteiger partial charge in [-0.3, -0.25) is 10.1 Å².